The van der Waals surface area contributed by atoms with Crippen molar-refractivity contribution in [3.05, 3.63) is 0 Å². The van der Waals surface area contributed by atoms with E-state index >= 15 is 0 Å². The van der Waals surface area contributed by atoms with Gasteiger partial charge in [-0.3, -0.25) is 4.79 Å². The van der Waals surface area contributed by atoms with Gasteiger partial charge in [0.25, 0.3) is 0 Å². The van der Waals surface area contributed by atoms with Crippen molar-refractivity contribution in [3.63, 3.8) is 0 Å². The van der Waals surface area contributed by atoms with Gasteiger partial charge in [0.15, 0.2) is 0 Å². The van der Waals surface area contributed by atoms with Crippen LogP contribution in [-0.4, -0.2) is 41.1 Å². The van der Waals surface area contributed by atoms with Gasteiger partial charge in [0.2, 0.25) is 0 Å². The third kappa shape index (κ3) is 3.46. The molecule has 0 aromatic heterocycles. The SMILES string of the molecule is CC1CCC(N(C)CC(C)(N)C(=O)O)CC1. The summed E-state index contributed by atoms with van der Waals surface area (Å²) in [5.74, 6) is -0.114. The summed E-state index contributed by atoms with van der Waals surface area (Å²) >= 11 is 0. The normalized spacial score (nSPS) is 30.1. The zero-order valence-corrected chi connectivity index (χ0v) is 10.6. The smallest absolute Gasteiger partial charge is 0.324 e. The summed E-state index contributed by atoms with van der Waals surface area (Å²) in [5, 5.41) is 8.98. The third-order valence-corrected chi connectivity index (χ3v) is 3.68. The molecule has 3 N–H and O–H groups in total. The number of hydrogen-bond donors (Lipinski definition) is 2. The molecule has 0 spiro atoms. The summed E-state index contributed by atoms with van der Waals surface area (Å²) in [6.45, 7) is 4.28. The monoisotopic (exact) mass is 228 g/mol. The zero-order chi connectivity index (χ0) is 12.3. The van der Waals surface area contributed by atoms with E-state index in [1.807, 2.05) is 7.05 Å². The van der Waals surface area contributed by atoms with Crippen LogP contribution in [0.3, 0.4) is 0 Å². The number of nitrogens with zero attached hydrogens (tertiary/aromatic N) is 1. The lowest BCUT2D eigenvalue weighted by Crippen LogP contribution is -2.55. The number of rotatable bonds is 4. The first-order valence-electron chi connectivity index (χ1n) is 6.05. The van der Waals surface area contributed by atoms with Crippen molar-refractivity contribution < 1.29 is 9.90 Å². The molecule has 4 nitrogen and oxygen atoms in total. The van der Waals surface area contributed by atoms with Crippen molar-refractivity contribution in [2.24, 2.45) is 11.7 Å². The topological polar surface area (TPSA) is 66.6 Å². The first-order valence-corrected chi connectivity index (χ1v) is 6.05. The Morgan fingerprint density at radius 2 is 1.94 bits per heavy atom. The van der Waals surface area contributed by atoms with Crippen LogP contribution in [0.15, 0.2) is 0 Å². The molecule has 1 rings (SSSR count). The highest BCUT2D eigenvalue weighted by molar-refractivity contribution is 5.78. The highest BCUT2D eigenvalue weighted by atomic mass is 16.4. The molecular formula is C12H24N2O2. The molecule has 1 fully saturated rings. The van der Waals surface area contributed by atoms with Crippen LogP contribution in [0, 0.1) is 5.92 Å². The molecule has 0 radical (unpaired) electrons. The number of hydrogen-bond acceptors (Lipinski definition) is 3. The van der Waals surface area contributed by atoms with Crippen LogP contribution in [0.1, 0.15) is 39.5 Å². The summed E-state index contributed by atoms with van der Waals surface area (Å²) in [5.41, 5.74) is 4.61. The minimum absolute atomic E-state index is 0.418. The molecular weight excluding hydrogens is 204 g/mol. The van der Waals surface area contributed by atoms with Gasteiger partial charge in [0.1, 0.15) is 5.54 Å². The van der Waals surface area contributed by atoms with Crippen LogP contribution in [0.2, 0.25) is 0 Å². The lowest BCUT2D eigenvalue weighted by molar-refractivity contribution is -0.143. The zero-order valence-electron chi connectivity index (χ0n) is 10.6. The van der Waals surface area contributed by atoms with Gasteiger partial charge in [-0.15, -0.1) is 0 Å². The van der Waals surface area contributed by atoms with Gasteiger partial charge < -0.3 is 15.7 Å². The molecule has 1 aliphatic rings. The summed E-state index contributed by atoms with van der Waals surface area (Å²) in [7, 11) is 1.98. The largest absolute Gasteiger partial charge is 0.480 e. The Labute approximate surface area is 97.8 Å². The van der Waals surface area contributed by atoms with E-state index in [9.17, 15) is 4.79 Å². The molecule has 0 amide bonds. The van der Waals surface area contributed by atoms with Crippen molar-refractivity contribution in [1.82, 2.24) is 4.90 Å². The molecule has 1 aliphatic carbocycles. The van der Waals surface area contributed by atoms with E-state index in [1.54, 1.807) is 6.92 Å². The average Bonchev–Trinajstić information content (AvgIpc) is 2.17. The van der Waals surface area contributed by atoms with E-state index in [1.165, 1.54) is 12.8 Å². The van der Waals surface area contributed by atoms with Gasteiger partial charge in [0, 0.05) is 12.6 Å². The lowest BCUT2D eigenvalue weighted by Gasteiger charge is -2.36. The van der Waals surface area contributed by atoms with Gasteiger partial charge in [-0.2, -0.15) is 0 Å². The van der Waals surface area contributed by atoms with Crippen molar-refractivity contribution >= 4 is 5.97 Å². The Morgan fingerprint density at radius 1 is 1.44 bits per heavy atom. The lowest BCUT2D eigenvalue weighted by atomic mass is 9.86. The number of nitrogens with two attached hydrogens (primary N) is 1. The fraction of sp³-hybridized carbons (Fsp3) is 0.917. The van der Waals surface area contributed by atoms with Crippen LogP contribution < -0.4 is 5.73 Å². The van der Waals surface area contributed by atoms with Crippen molar-refractivity contribution in [3.8, 4) is 0 Å². The first-order chi connectivity index (χ1) is 7.33. The van der Waals surface area contributed by atoms with Crippen molar-refractivity contribution in [1.29, 1.82) is 0 Å². The molecule has 16 heavy (non-hydrogen) atoms. The molecule has 0 bridgehead atoms. The average molecular weight is 228 g/mol. The van der Waals surface area contributed by atoms with Gasteiger partial charge >= 0.3 is 5.97 Å². The van der Waals surface area contributed by atoms with E-state index in [2.05, 4.69) is 11.8 Å². The van der Waals surface area contributed by atoms with Crippen molar-refractivity contribution in [2.75, 3.05) is 13.6 Å². The molecule has 0 heterocycles. The van der Waals surface area contributed by atoms with E-state index in [4.69, 9.17) is 10.8 Å². The van der Waals surface area contributed by atoms with Gasteiger partial charge in [0.05, 0.1) is 0 Å². The third-order valence-electron chi connectivity index (χ3n) is 3.68. The maximum Gasteiger partial charge on any atom is 0.324 e. The Morgan fingerprint density at radius 3 is 2.38 bits per heavy atom. The summed E-state index contributed by atoms with van der Waals surface area (Å²) in [4.78, 5) is 13.1. The van der Waals surface area contributed by atoms with E-state index in [0.29, 0.717) is 12.6 Å². The number of likely N-dealkylation sites (N-methyl/N-ethyl adjacent to an activating group) is 1. The summed E-state index contributed by atoms with van der Waals surface area (Å²) in [6, 6.07) is 0.499. The number of carbonyl (C=O) groups is 1. The molecule has 1 atom stereocenters. The maximum absolute atomic E-state index is 10.9. The first kappa shape index (κ1) is 13.5. The second-order valence-corrected chi connectivity index (χ2v) is 5.55. The van der Waals surface area contributed by atoms with Crippen LogP contribution in [0.5, 0.6) is 0 Å². The van der Waals surface area contributed by atoms with Crippen LogP contribution in [0.25, 0.3) is 0 Å². The molecule has 94 valence electrons. The Balaban J connectivity index is 2.46. The molecule has 0 aromatic carbocycles. The fourth-order valence-electron chi connectivity index (χ4n) is 2.40. The highest BCUT2D eigenvalue weighted by Crippen LogP contribution is 2.26. The minimum atomic E-state index is -1.14. The van der Waals surface area contributed by atoms with E-state index in [-0.39, 0.29) is 0 Å². The number of carboxylic acid groups (broad SMARTS) is 1. The highest BCUT2D eigenvalue weighted by Gasteiger charge is 2.32. The van der Waals surface area contributed by atoms with Gasteiger partial charge in [-0.05, 0) is 45.6 Å². The quantitative estimate of drug-likeness (QED) is 0.761. The summed E-state index contributed by atoms with van der Waals surface area (Å²) < 4.78 is 0. The van der Waals surface area contributed by atoms with Crippen LogP contribution in [0.4, 0.5) is 0 Å². The minimum Gasteiger partial charge on any atom is -0.480 e. The molecule has 1 saturated carbocycles. The predicted octanol–water partition coefficient (Wildman–Crippen LogP) is 1.30. The van der Waals surface area contributed by atoms with Crippen molar-refractivity contribution in [2.45, 2.75) is 51.1 Å². The number of aliphatic carboxylic acids is 1. The Hall–Kier alpha value is -0.610. The second kappa shape index (κ2) is 5.15. The van der Waals surface area contributed by atoms with Gasteiger partial charge in [-0.25, -0.2) is 0 Å². The Kier molecular flexibility index (Phi) is 4.33. The van der Waals surface area contributed by atoms with Gasteiger partial charge in [-0.1, -0.05) is 6.92 Å². The van der Waals surface area contributed by atoms with E-state index < -0.39 is 11.5 Å². The standard InChI is InChI=1S/C12H24N2O2/c1-9-4-6-10(7-5-9)14(3)8-12(2,13)11(15)16/h9-10H,4-8,13H2,1-3H3,(H,15,16). The maximum atomic E-state index is 10.9. The molecule has 0 aliphatic heterocycles. The molecule has 0 aromatic rings. The fourth-order valence-corrected chi connectivity index (χ4v) is 2.40. The number of carboxylic acids is 1. The van der Waals surface area contributed by atoms with E-state index in [0.717, 1.165) is 18.8 Å². The molecule has 1 unspecified atom stereocenters. The van der Waals surface area contributed by atoms with Crippen LogP contribution in [-0.2, 0) is 4.79 Å². The van der Waals surface area contributed by atoms with Crippen LogP contribution >= 0.6 is 0 Å². The molecule has 4 heteroatoms. The predicted molar refractivity (Wildman–Crippen MR) is 64.3 cm³/mol. The molecule has 0 saturated heterocycles. The second-order valence-electron chi connectivity index (χ2n) is 5.55. The summed E-state index contributed by atoms with van der Waals surface area (Å²) in [6.07, 6.45) is 4.80. The Bertz CT molecular complexity index is 245.